The van der Waals surface area contributed by atoms with Crippen LogP contribution >= 0.6 is 22.9 Å². The molecule has 9 heteroatoms. The van der Waals surface area contributed by atoms with E-state index >= 15 is 0 Å². The molecule has 1 aromatic carbocycles. The maximum atomic E-state index is 12.7. The van der Waals surface area contributed by atoms with Crippen LogP contribution in [0.5, 0.6) is 0 Å². The van der Waals surface area contributed by atoms with Gasteiger partial charge in [-0.15, -0.1) is 11.3 Å². The van der Waals surface area contributed by atoms with Gasteiger partial charge in [-0.1, -0.05) is 42.7 Å². The second-order valence-electron chi connectivity index (χ2n) is 7.68. The minimum Gasteiger partial charge on any atom is -0.351 e. The summed E-state index contributed by atoms with van der Waals surface area (Å²) < 4.78 is 4.99. The quantitative estimate of drug-likeness (QED) is 0.445. The van der Waals surface area contributed by atoms with E-state index in [1.54, 1.807) is 36.6 Å². The van der Waals surface area contributed by atoms with Crippen LogP contribution in [0.2, 0.25) is 5.02 Å². The topological polar surface area (TPSA) is 93.8 Å². The van der Waals surface area contributed by atoms with Gasteiger partial charge in [0.25, 0.3) is 5.91 Å². The number of amides is 1. The molecule has 3 heterocycles. The van der Waals surface area contributed by atoms with E-state index in [0.29, 0.717) is 34.5 Å². The number of carbonyl (C=O) groups is 1. The summed E-state index contributed by atoms with van der Waals surface area (Å²) in [7, 11) is 0. The smallest absolute Gasteiger partial charge is 0.251 e. The largest absolute Gasteiger partial charge is 0.351 e. The number of nitrogens with one attached hydrogen (secondary N) is 1. The van der Waals surface area contributed by atoms with Crippen molar-refractivity contribution in [3.05, 3.63) is 69.5 Å². The molecule has 158 valence electrons. The molecular weight excluding hydrogens is 434 g/mol. The normalized spacial score (nSPS) is 11.5. The molecule has 1 amide bonds. The van der Waals surface area contributed by atoms with Gasteiger partial charge in [0, 0.05) is 46.6 Å². The monoisotopic (exact) mass is 453 g/mol. The summed E-state index contributed by atoms with van der Waals surface area (Å²) in [5, 5.41) is 10.5. The van der Waals surface area contributed by atoms with Crippen molar-refractivity contribution in [1.29, 1.82) is 0 Å². The Morgan fingerprint density at radius 2 is 1.94 bits per heavy atom. The van der Waals surface area contributed by atoms with Gasteiger partial charge in [-0.05, 0) is 24.3 Å². The summed E-state index contributed by atoms with van der Waals surface area (Å²) in [5.74, 6) is 0.589. The maximum Gasteiger partial charge on any atom is 0.251 e. The molecule has 0 unspecified atom stereocenters. The molecule has 0 spiro atoms. The predicted octanol–water partition coefficient (Wildman–Crippen LogP) is 4.92. The van der Waals surface area contributed by atoms with E-state index in [-0.39, 0.29) is 11.3 Å². The fraction of sp³-hybridized carbons (Fsp3) is 0.227. The molecule has 7 nitrogen and oxygen atoms in total. The molecule has 0 aliphatic heterocycles. The molecule has 0 saturated heterocycles. The molecular formula is C22H20ClN5O2S. The Bertz CT molecular complexity index is 1220. The third kappa shape index (κ3) is 4.81. The van der Waals surface area contributed by atoms with E-state index in [1.165, 1.54) is 0 Å². The Morgan fingerprint density at radius 3 is 2.65 bits per heavy atom. The van der Waals surface area contributed by atoms with Crippen molar-refractivity contribution in [2.24, 2.45) is 0 Å². The lowest BCUT2D eigenvalue weighted by Crippen LogP contribution is -2.36. The van der Waals surface area contributed by atoms with Crippen molar-refractivity contribution in [2.45, 2.75) is 26.2 Å². The number of aryl methyl sites for hydroxylation is 1. The Labute approximate surface area is 188 Å². The summed E-state index contributed by atoms with van der Waals surface area (Å²) >= 11 is 7.54. The number of aromatic nitrogens is 4. The molecule has 0 fully saturated rings. The second kappa shape index (κ2) is 8.56. The summed E-state index contributed by atoms with van der Waals surface area (Å²) in [5.41, 5.74) is 2.52. The number of nitrogens with zero attached hydrogens (tertiary/aromatic N) is 4. The Balaban J connectivity index is 1.45. The lowest BCUT2D eigenvalue weighted by Gasteiger charge is -2.22. The number of thiazole rings is 1. The first-order valence-corrected chi connectivity index (χ1v) is 10.8. The van der Waals surface area contributed by atoms with Crippen LogP contribution in [0, 0.1) is 6.92 Å². The Kier molecular flexibility index (Phi) is 5.84. The molecule has 0 saturated carbocycles. The van der Waals surface area contributed by atoms with E-state index in [1.807, 2.05) is 29.6 Å². The molecule has 4 rings (SSSR count). The first-order valence-electron chi connectivity index (χ1n) is 9.59. The molecule has 0 radical (unpaired) electrons. The Hall–Kier alpha value is -3.10. The van der Waals surface area contributed by atoms with Gasteiger partial charge in [0.2, 0.25) is 11.7 Å². The van der Waals surface area contributed by atoms with Gasteiger partial charge in [0.1, 0.15) is 10.7 Å². The predicted molar refractivity (Wildman–Crippen MR) is 120 cm³/mol. The van der Waals surface area contributed by atoms with Gasteiger partial charge in [-0.25, -0.2) is 4.98 Å². The zero-order valence-corrected chi connectivity index (χ0v) is 18.8. The number of hydrogen-bond acceptors (Lipinski definition) is 7. The van der Waals surface area contributed by atoms with Crippen molar-refractivity contribution >= 4 is 28.8 Å². The zero-order chi connectivity index (χ0) is 22.0. The Morgan fingerprint density at radius 1 is 1.16 bits per heavy atom. The van der Waals surface area contributed by atoms with E-state index in [0.717, 1.165) is 16.3 Å². The van der Waals surface area contributed by atoms with Gasteiger partial charge in [0.05, 0.1) is 5.69 Å². The summed E-state index contributed by atoms with van der Waals surface area (Å²) in [6.07, 6.45) is 1.56. The molecule has 0 bridgehead atoms. The number of hydrogen-bond donors (Lipinski definition) is 1. The number of rotatable bonds is 6. The van der Waals surface area contributed by atoms with Gasteiger partial charge >= 0.3 is 0 Å². The van der Waals surface area contributed by atoms with Gasteiger partial charge < -0.3 is 9.84 Å². The van der Waals surface area contributed by atoms with Crippen LogP contribution in [0.4, 0.5) is 0 Å². The maximum absolute atomic E-state index is 12.7. The van der Waals surface area contributed by atoms with Crippen molar-refractivity contribution in [3.63, 3.8) is 0 Å². The molecule has 4 aromatic rings. The third-order valence-electron chi connectivity index (χ3n) is 4.69. The van der Waals surface area contributed by atoms with Gasteiger partial charge in [0.15, 0.2) is 0 Å². The average molecular weight is 454 g/mol. The highest BCUT2D eigenvalue weighted by Crippen LogP contribution is 2.30. The molecule has 0 aliphatic rings. The fourth-order valence-corrected chi connectivity index (χ4v) is 3.99. The summed E-state index contributed by atoms with van der Waals surface area (Å²) in [6.45, 7) is 6.24. The van der Waals surface area contributed by atoms with Crippen molar-refractivity contribution in [2.75, 3.05) is 6.54 Å². The number of pyridine rings is 1. The summed E-state index contributed by atoms with van der Waals surface area (Å²) in [4.78, 5) is 25.9. The number of carbonyl (C=O) groups excluding carboxylic acids is 1. The lowest BCUT2D eigenvalue weighted by atomic mass is 9.94. The van der Waals surface area contributed by atoms with Crippen LogP contribution in [0.15, 0.2) is 52.5 Å². The van der Waals surface area contributed by atoms with Gasteiger partial charge in [-0.3, -0.25) is 9.78 Å². The molecule has 1 N–H and O–H groups in total. The van der Waals surface area contributed by atoms with E-state index < -0.39 is 0 Å². The minimum atomic E-state index is -0.342. The third-order valence-corrected chi connectivity index (χ3v) is 6.15. The van der Waals surface area contributed by atoms with E-state index in [2.05, 4.69) is 34.3 Å². The molecule has 31 heavy (non-hydrogen) atoms. The summed E-state index contributed by atoms with van der Waals surface area (Å²) in [6, 6.07) is 10.9. The number of benzene rings is 1. The van der Waals surface area contributed by atoms with Crippen molar-refractivity contribution in [1.82, 2.24) is 25.4 Å². The second-order valence-corrected chi connectivity index (χ2v) is 8.97. The van der Waals surface area contributed by atoms with Crippen LogP contribution in [0.3, 0.4) is 0 Å². The van der Waals surface area contributed by atoms with Gasteiger partial charge in [-0.2, -0.15) is 4.98 Å². The highest BCUT2D eigenvalue weighted by atomic mass is 35.5. The standard InChI is InChI=1S/C22H20ClN5O2S/c1-13-26-19(28-30-13)17-10-15(8-9-24-17)20(29)25-12-22(2,3)21-27-18(11-31-21)14-4-6-16(23)7-5-14/h4-11H,12H2,1-3H3,(H,25,29). The molecule has 3 aromatic heterocycles. The average Bonchev–Trinajstić information content (AvgIpc) is 3.43. The first kappa shape index (κ1) is 21.1. The van der Waals surface area contributed by atoms with Crippen LogP contribution in [-0.2, 0) is 5.41 Å². The lowest BCUT2D eigenvalue weighted by molar-refractivity contribution is 0.0945. The van der Waals surface area contributed by atoms with E-state index in [4.69, 9.17) is 21.1 Å². The van der Waals surface area contributed by atoms with Crippen LogP contribution in [0.25, 0.3) is 22.8 Å². The molecule has 0 aliphatic carbocycles. The van der Waals surface area contributed by atoms with Crippen LogP contribution in [0.1, 0.15) is 35.1 Å². The SMILES string of the molecule is Cc1nc(-c2cc(C(=O)NCC(C)(C)c3nc(-c4ccc(Cl)cc4)cs3)ccn2)no1. The highest BCUT2D eigenvalue weighted by molar-refractivity contribution is 7.10. The van der Waals surface area contributed by atoms with Crippen LogP contribution in [-0.4, -0.2) is 32.6 Å². The fourth-order valence-electron chi connectivity index (χ4n) is 2.91. The van der Waals surface area contributed by atoms with Crippen molar-refractivity contribution in [3.8, 4) is 22.8 Å². The van der Waals surface area contributed by atoms with Crippen molar-refractivity contribution < 1.29 is 9.32 Å². The number of halogens is 1. The zero-order valence-electron chi connectivity index (χ0n) is 17.2. The van der Waals surface area contributed by atoms with Crippen LogP contribution < -0.4 is 5.32 Å². The first-order chi connectivity index (χ1) is 14.8. The molecule has 0 atom stereocenters. The minimum absolute atomic E-state index is 0.202. The highest BCUT2D eigenvalue weighted by Gasteiger charge is 2.26. The van der Waals surface area contributed by atoms with E-state index in [9.17, 15) is 4.79 Å².